The van der Waals surface area contributed by atoms with E-state index in [-0.39, 0.29) is 0 Å². The van der Waals surface area contributed by atoms with E-state index in [1.807, 2.05) is 18.2 Å². The zero-order valence-electron chi connectivity index (χ0n) is 21.5. The van der Waals surface area contributed by atoms with Crippen LogP contribution in [-0.4, -0.2) is 4.98 Å². The Balaban J connectivity index is 1.33. The third kappa shape index (κ3) is 4.63. The fraction of sp³-hybridized carbons (Fsp3) is 0.0270. The summed E-state index contributed by atoms with van der Waals surface area (Å²) in [5, 5.41) is 2.47. The minimum absolute atomic E-state index is 1.00. The lowest BCUT2D eigenvalue weighted by molar-refractivity contribution is 1.53. The molecule has 6 rings (SSSR count). The minimum atomic E-state index is 1.00. The number of fused-ring (bicyclic) bond motifs is 3. The van der Waals surface area contributed by atoms with Crippen molar-refractivity contribution in [3.63, 3.8) is 0 Å². The molecular weight excluding hydrogens is 458 g/mol. The van der Waals surface area contributed by atoms with Gasteiger partial charge in [-0.1, -0.05) is 122 Å². The highest BCUT2D eigenvalue weighted by Gasteiger charge is 2.09. The van der Waals surface area contributed by atoms with E-state index in [1.54, 1.807) is 0 Å². The van der Waals surface area contributed by atoms with E-state index in [0.717, 1.165) is 22.2 Å². The molecule has 38 heavy (non-hydrogen) atoms. The van der Waals surface area contributed by atoms with Crippen LogP contribution in [0.5, 0.6) is 0 Å². The van der Waals surface area contributed by atoms with Gasteiger partial charge in [-0.15, -0.1) is 0 Å². The predicted octanol–water partition coefficient (Wildman–Crippen LogP) is 10.3. The van der Waals surface area contributed by atoms with Crippen molar-refractivity contribution in [1.29, 1.82) is 0 Å². The number of nitrogens with one attached hydrogen (secondary N) is 1. The maximum atomic E-state index is 4.25. The summed E-state index contributed by atoms with van der Waals surface area (Å²) in [5.41, 5.74) is 11.7. The van der Waals surface area contributed by atoms with Crippen molar-refractivity contribution in [2.75, 3.05) is 0 Å². The molecule has 0 bridgehead atoms. The first-order valence-electron chi connectivity index (χ1n) is 13.0. The quantitative estimate of drug-likeness (QED) is 0.225. The molecule has 0 spiro atoms. The Bertz CT molecular complexity index is 1800. The first-order valence-corrected chi connectivity index (χ1v) is 13.0. The van der Waals surface area contributed by atoms with Crippen molar-refractivity contribution in [2.45, 2.75) is 6.92 Å². The summed E-state index contributed by atoms with van der Waals surface area (Å²) in [5.74, 6) is 0. The van der Waals surface area contributed by atoms with Crippen molar-refractivity contribution in [3.8, 4) is 22.3 Å². The van der Waals surface area contributed by atoms with Gasteiger partial charge in [0.1, 0.15) is 0 Å². The molecule has 1 heteroatoms. The normalized spacial score (nSPS) is 12.0. The number of hydrogen-bond acceptors (Lipinski definition) is 0. The molecule has 6 aromatic rings. The van der Waals surface area contributed by atoms with Crippen molar-refractivity contribution < 1.29 is 0 Å². The lowest BCUT2D eigenvalue weighted by Gasteiger charge is -2.06. The highest BCUT2D eigenvalue weighted by molar-refractivity contribution is 6.09. The Hall–Kier alpha value is -4.88. The molecule has 1 aromatic heterocycles. The van der Waals surface area contributed by atoms with E-state index in [9.17, 15) is 0 Å². The summed E-state index contributed by atoms with van der Waals surface area (Å²) in [4.78, 5) is 3.59. The molecule has 0 saturated carbocycles. The summed E-state index contributed by atoms with van der Waals surface area (Å²) in [6.45, 7) is 6.33. The molecule has 0 unspecified atom stereocenters. The summed E-state index contributed by atoms with van der Waals surface area (Å²) in [6, 6.07) is 43.0. The predicted molar refractivity (Wildman–Crippen MR) is 165 cm³/mol. The second-order valence-corrected chi connectivity index (χ2v) is 9.56. The summed E-state index contributed by atoms with van der Waals surface area (Å²) < 4.78 is 0. The van der Waals surface area contributed by atoms with Gasteiger partial charge >= 0.3 is 0 Å². The Kier molecular flexibility index (Phi) is 6.34. The van der Waals surface area contributed by atoms with Gasteiger partial charge in [0.15, 0.2) is 0 Å². The topological polar surface area (TPSA) is 15.8 Å². The molecule has 182 valence electrons. The Morgan fingerprint density at radius 3 is 1.79 bits per heavy atom. The van der Waals surface area contributed by atoms with Crippen LogP contribution in [0.3, 0.4) is 0 Å². The number of benzene rings is 5. The molecule has 0 aliphatic rings. The molecule has 0 saturated heterocycles. The molecular formula is C37H29N. The average molecular weight is 488 g/mol. The zero-order chi connectivity index (χ0) is 25.9. The fourth-order valence-electron chi connectivity index (χ4n) is 5.04. The van der Waals surface area contributed by atoms with E-state index in [0.29, 0.717) is 0 Å². The molecule has 0 amide bonds. The van der Waals surface area contributed by atoms with Gasteiger partial charge in [0.25, 0.3) is 0 Å². The molecule has 1 heterocycles. The van der Waals surface area contributed by atoms with Gasteiger partial charge < -0.3 is 4.98 Å². The SMILES string of the molecule is C=C(C=CC(=CC)c1ccc2[nH]c3ccc(-c4ccc(-c5ccccc5)cc4)cc3c2c1)c1ccccc1. The second kappa shape index (κ2) is 10.2. The molecule has 0 fully saturated rings. The van der Waals surface area contributed by atoms with Crippen molar-refractivity contribution in [2.24, 2.45) is 0 Å². The van der Waals surface area contributed by atoms with Crippen molar-refractivity contribution in [1.82, 2.24) is 4.98 Å². The lowest BCUT2D eigenvalue weighted by atomic mass is 9.98. The third-order valence-electron chi connectivity index (χ3n) is 7.18. The van der Waals surface area contributed by atoms with Crippen LogP contribution in [0.25, 0.3) is 55.2 Å². The lowest BCUT2D eigenvalue weighted by Crippen LogP contribution is -1.83. The molecule has 1 nitrogen and oxygen atoms in total. The van der Waals surface area contributed by atoms with E-state index in [2.05, 4.69) is 140 Å². The van der Waals surface area contributed by atoms with Crippen LogP contribution in [0.15, 0.2) is 146 Å². The Morgan fingerprint density at radius 1 is 0.553 bits per heavy atom. The van der Waals surface area contributed by atoms with Crippen LogP contribution < -0.4 is 0 Å². The second-order valence-electron chi connectivity index (χ2n) is 9.56. The van der Waals surface area contributed by atoms with Crippen molar-refractivity contribution in [3.05, 3.63) is 157 Å². The van der Waals surface area contributed by atoms with Crippen LogP contribution in [0.4, 0.5) is 0 Å². The van der Waals surface area contributed by atoms with Crippen LogP contribution in [0, 0.1) is 0 Å². The number of aromatic amines is 1. The average Bonchev–Trinajstić information content (AvgIpc) is 3.36. The van der Waals surface area contributed by atoms with Gasteiger partial charge in [0.2, 0.25) is 0 Å². The Labute approximate surface area is 224 Å². The number of hydrogen-bond donors (Lipinski definition) is 1. The number of aromatic nitrogens is 1. The Morgan fingerprint density at radius 2 is 1.11 bits per heavy atom. The number of H-pyrrole nitrogens is 1. The van der Waals surface area contributed by atoms with Crippen LogP contribution in [-0.2, 0) is 0 Å². The van der Waals surface area contributed by atoms with Gasteiger partial charge in [0, 0.05) is 21.8 Å². The van der Waals surface area contributed by atoms with Crippen LogP contribution >= 0.6 is 0 Å². The zero-order valence-corrected chi connectivity index (χ0v) is 21.5. The third-order valence-corrected chi connectivity index (χ3v) is 7.18. The van der Waals surface area contributed by atoms with Gasteiger partial charge in [0.05, 0.1) is 0 Å². The van der Waals surface area contributed by atoms with E-state index >= 15 is 0 Å². The van der Waals surface area contributed by atoms with Gasteiger partial charge in [-0.25, -0.2) is 0 Å². The molecule has 0 atom stereocenters. The first kappa shape index (κ1) is 23.5. The highest BCUT2D eigenvalue weighted by atomic mass is 14.7. The van der Waals surface area contributed by atoms with Gasteiger partial charge in [-0.2, -0.15) is 0 Å². The van der Waals surface area contributed by atoms with Gasteiger partial charge in [-0.3, -0.25) is 0 Å². The first-order chi connectivity index (χ1) is 18.7. The molecule has 0 aliphatic heterocycles. The molecule has 5 aromatic carbocycles. The molecule has 1 N–H and O–H groups in total. The van der Waals surface area contributed by atoms with Crippen LogP contribution in [0.2, 0.25) is 0 Å². The molecule has 0 aliphatic carbocycles. The van der Waals surface area contributed by atoms with E-state index < -0.39 is 0 Å². The number of allylic oxidation sites excluding steroid dienone is 5. The van der Waals surface area contributed by atoms with E-state index in [4.69, 9.17) is 0 Å². The standard InChI is InChI=1S/C37H29N/c1-3-27(15-14-26(2)28-10-6-4-7-11-28)32-20-22-36-34(24-32)35-25-33(21-23-37(35)38-36)31-18-16-30(17-19-31)29-12-8-5-9-13-29/h3-25,38H,2H2,1H3. The smallest absolute Gasteiger partial charge is 0.0465 e. The maximum absolute atomic E-state index is 4.25. The van der Waals surface area contributed by atoms with Crippen molar-refractivity contribution >= 4 is 33.0 Å². The van der Waals surface area contributed by atoms with E-state index in [1.165, 1.54) is 44.2 Å². The van der Waals surface area contributed by atoms with Gasteiger partial charge in [-0.05, 0) is 75.7 Å². The highest BCUT2D eigenvalue weighted by Crippen LogP contribution is 2.33. The number of rotatable bonds is 6. The largest absolute Gasteiger partial charge is 0.355 e. The van der Waals surface area contributed by atoms with Crippen LogP contribution in [0.1, 0.15) is 18.1 Å². The summed E-state index contributed by atoms with van der Waals surface area (Å²) >= 11 is 0. The fourth-order valence-corrected chi connectivity index (χ4v) is 5.04. The molecule has 0 radical (unpaired) electrons. The maximum Gasteiger partial charge on any atom is 0.0465 e. The summed E-state index contributed by atoms with van der Waals surface area (Å²) in [7, 11) is 0. The minimum Gasteiger partial charge on any atom is -0.355 e. The summed E-state index contributed by atoms with van der Waals surface area (Å²) in [6.07, 6.45) is 6.41. The monoisotopic (exact) mass is 487 g/mol.